The summed E-state index contributed by atoms with van der Waals surface area (Å²) in [5.41, 5.74) is 1.39. The van der Waals surface area contributed by atoms with Gasteiger partial charge in [0.25, 0.3) is 0 Å². The number of oxazole rings is 1. The number of carbonyl (C=O) groups excluding carboxylic acids is 1. The molecule has 1 fully saturated rings. The van der Waals surface area contributed by atoms with Gasteiger partial charge in [0.2, 0.25) is 11.8 Å². The Morgan fingerprint density at radius 2 is 2.45 bits per heavy atom. The summed E-state index contributed by atoms with van der Waals surface area (Å²) < 4.78 is 16.0. The molecule has 6 nitrogen and oxygen atoms in total. The summed E-state index contributed by atoms with van der Waals surface area (Å²) in [6, 6.07) is 5.40. The maximum absolute atomic E-state index is 11.8. The van der Waals surface area contributed by atoms with Crippen molar-refractivity contribution >= 4 is 17.0 Å². The standard InChI is InChI=1S/C14H16N2O4/c1-18-9-4-5-11-10(7-9)16-13(20-11)8-15-14(17)12-3-2-6-19-12/h4-5,7,12H,2-3,6,8H2,1H3,(H,15,17)/t12-/m1/s1. The van der Waals surface area contributed by atoms with Crippen LogP contribution in [0.1, 0.15) is 18.7 Å². The number of benzene rings is 1. The van der Waals surface area contributed by atoms with Gasteiger partial charge in [0.1, 0.15) is 17.4 Å². The number of hydrogen-bond acceptors (Lipinski definition) is 5. The predicted octanol–water partition coefficient (Wildman–Crippen LogP) is 1.63. The lowest BCUT2D eigenvalue weighted by molar-refractivity contribution is -0.130. The molecule has 106 valence electrons. The summed E-state index contributed by atoms with van der Waals surface area (Å²) in [4.78, 5) is 16.1. The smallest absolute Gasteiger partial charge is 0.249 e. The summed E-state index contributed by atoms with van der Waals surface area (Å²) in [7, 11) is 1.60. The number of fused-ring (bicyclic) bond motifs is 1. The average Bonchev–Trinajstić information content (AvgIpc) is 3.12. The Hall–Kier alpha value is -2.08. The molecule has 2 heterocycles. The fourth-order valence-electron chi connectivity index (χ4n) is 2.22. The summed E-state index contributed by atoms with van der Waals surface area (Å²) in [5, 5.41) is 2.78. The third-order valence-electron chi connectivity index (χ3n) is 3.27. The maximum Gasteiger partial charge on any atom is 0.249 e. The van der Waals surface area contributed by atoms with E-state index in [0.717, 1.165) is 18.6 Å². The quantitative estimate of drug-likeness (QED) is 0.918. The van der Waals surface area contributed by atoms with E-state index in [1.165, 1.54) is 0 Å². The van der Waals surface area contributed by atoms with Crippen LogP contribution >= 0.6 is 0 Å². The zero-order valence-corrected chi connectivity index (χ0v) is 11.2. The number of amides is 1. The fraction of sp³-hybridized carbons (Fsp3) is 0.429. The Morgan fingerprint density at radius 3 is 3.20 bits per heavy atom. The first kappa shape index (κ1) is 12.9. The van der Waals surface area contributed by atoms with E-state index in [1.807, 2.05) is 6.07 Å². The molecule has 0 radical (unpaired) electrons. The second kappa shape index (κ2) is 5.50. The SMILES string of the molecule is COc1ccc2oc(CNC(=O)[C@H]3CCCO3)nc2c1. The first-order chi connectivity index (χ1) is 9.76. The lowest BCUT2D eigenvalue weighted by Gasteiger charge is -2.08. The van der Waals surface area contributed by atoms with Crippen molar-refractivity contribution in [3.8, 4) is 5.75 Å². The van der Waals surface area contributed by atoms with Crippen molar-refractivity contribution in [1.29, 1.82) is 0 Å². The second-order valence-corrected chi connectivity index (χ2v) is 4.66. The van der Waals surface area contributed by atoms with E-state index in [0.29, 0.717) is 23.6 Å². The van der Waals surface area contributed by atoms with E-state index in [-0.39, 0.29) is 18.6 Å². The highest BCUT2D eigenvalue weighted by Gasteiger charge is 2.23. The normalized spacial score (nSPS) is 18.4. The van der Waals surface area contributed by atoms with Crippen LogP contribution in [-0.2, 0) is 16.1 Å². The van der Waals surface area contributed by atoms with Gasteiger partial charge < -0.3 is 19.2 Å². The van der Waals surface area contributed by atoms with E-state index in [2.05, 4.69) is 10.3 Å². The minimum Gasteiger partial charge on any atom is -0.497 e. The number of nitrogens with one attached hydrogen (secondary N) is 1. The average molecular weight is 276 g/mol. The summed E-state index contributed by atoms with van der Waals surface area (Å²) in [6.07, 6.45) is 1.37. The van der Waals surface area contributed by atoms with Crippen LogP contribution in [0, 0.1) is 0 Å². The Balaban J connectivity index is 1.66. The van der Waals surface area contributed by atoms with Crippen molar-refractivity contribution in [3.05, 3.63) is 24.1 Å². The van der Waals surface area contributed by atoms with E-state index in [4.69, 9.17) is 13.9 Å². The Labute approximate surface area is 116 Å². The molecule has 2 aromatic rings. The topological polar surface area (TPSA) is 73.6 Å². The van der Waals surface area contributed by atoms with E-state index in [9.17, 15) is 4.79 Å². The molecule has 0 spiro atoms. The van der Waals surface area contributed by atoms with Crippen LogP contribution in [0.25, 0.3) is 11.1 Å². The van der Waals surface area contributed by atoms with Crippen LogP contribution in [0.2, 0.25) is 0 Å². The van der Waals surface area contributed by atoms with Crippen LogP contribution in [0.5, 0.6) is 5.75 Å². The molecule has 0 saturated carbocycles. The Bertz CT molecular complexity index is 617. The van der Waals surface area contributed by atoms with Crippen LogP contribution in [0.3, 0.4) is 0 Å². The molecular weight excluding hydrogens is 260 g/mol. The van der Waals surface area contributed by atoms with Gasteiger partial charge in [-0.05, 0) is 25.0 Å². The van der Waals surface area contributed by atoms with Gasteiger partial charge in [-0.1, -0.05) is 0 Å². The lowest BCUT2D eigenvalue weighted by Crippen LogP contribution is -2.33. The van der Waals surface area contributed by atoms with Crippen molar-refractivity contribution in [2.45, 2.75) is 25.5 Å². The number of carbonyl (C=O) groups is 1. The molecule has 20 heavy (non-hydrogen) atoms. The van der Waals surface area contributed by atoms with Crippen LogP contribution in [0.4, 0.5) is 0 Å². The Kier molecular flexibility index (Phi) is 3.56. The van der Waals surface area contributed by atoms with E-state index in [1.54, 1.807) is 19.2 Å². The molecule has 1 atom stereocenters. The second-order valence-electron chi connectivity index (χ2n) is 4.66. The highest BCUT2D eigenvalue weighted by molar-refractivity contribution is 5.81. The minimum absolute atomic E-state index is 0.109. The lowest BCUT2D eigenvalue weighted by atomic mass is 10.2. The number of methoxy groups -OCH3 is 1. The van der Waals surface area contributed by atoms with Crippen molar-refractivity contribution in [2.75, 3.05) is 13.7 Å². The van der Waals surface area contributed by atoms with Gasteiger partial charge in [-0.2, -0.15) is 0 Å². The predicted molar refractivity (Wildman–Crippen MR) is 71.4 cm³/mol. The molecule has 1 aliphatic rings. The van der Waals surface area contributed by atoms with Gasteiger partial charge in [0.05, 0.1) is 13.7 Å². The number of hydrogen-bond donors (Lipinski definition) is 1. The Morgan fingerprint density at radius 1 is 1.55 bits per heavy atom. The summed E-state index contributed by atoms with van der Waals surface area (Å²) in [6.45, 7) is 0.913. The number of aromatic nitrogens is 1. The van der Waals surface area contributed by atoms with Gasteiger partial charge >= 0.3 is 0 Å². The number of nitrogens with zero attached hydrogens (tertiary/aromatic N) is 1. The highest BCUT2D eigenvalue weighted by atomic mass is 16.5. The monoisotopic (exact) mass is 276 g/mol. The highest BCUT2D eigenvalue weighted by Crippen LogP contribution is 2.21. The van der Waals surface area contributed by atoms with Crippen LogP contribution in [-0.4, -0.2) is 30.7 Å². The van der Waals surface area contributed by atoms with Crippen molar-refractivity contribution in [2.24, 2.45) is 0 Å². The van der Waals surface area contributed by atoms with Crippen LogP contribution < -0.4 is 10.1 Å². The van der Waals surface area contributed by atoms with E-state index < -0.39 is 0 Å². The number of ether oxygens (including phenoxy) is 2. The molecule has 1 saturated heterocycles. The maximum atomic E-state index is 11.8. The summed E-state index contributed by atoms with van der Waals surface area (Å²) >= 11 is 0. The molecule has 6 heteroatoms. The molecule has 1 aromatic carbocycles. The molecule has 1 aromatic heterocycles. The minimum atomic E-state index is -0.334. The van der Waals surface area contributed by atoms with Crippen LogP contribution in [0.15, 0.2) is 22.6 Å². The fourth-order valence-corrected chi connectivity index (χ4v) is 2.22. The number of rotatable bonds is 4. The molecule has 3 rings (SSSR count). The largest absolute Gasteiger partial charge is 0.497 e. The van der Waals surface area contributed by atoms with Crippen molar-refractivity contribution in [3.63, 3.8) is 0 Å². The zero-order chi connectivity index (χ0) is 13.9. The molecular formula is C14H16N2O4. The first-order valence-corrected chi connectivity index (χ1v) is 6.59. The van der Waals surface area contributed by atoms with Gasteiger partial charge in [0, 0.05) is 12.7 Å². The van der Waals surface area contributed by atoms with Gasteiger partial charge in [0.15, 0.2) is 5.58 Å². The molecule has 1 aliphatic heterocycles. The zero-order valence-electron chi connectivity index (χ0n) is 11.2. The molecule has 1 amide bonds. The summed E-state index contributed by atoms with van der Waals surface area (Å²) in [5.74, 6) is 1.09. The van der Waals surface area contributed by atoms with E-state index >= 15 is 0 Å². The van der Waals surface area contributed by atoms with Gasteiger partial charge in [-0.3, -0.25) is 4.79 Å². The molecule has 0 bridgehead atoms. The third-order valence-corrected chi connectivity index (χ3v) is 3.27. The van der Waals surface area contributed by atoms with Crippen molar-refractivity contribution < 1.29 is 18.7 Å². The third kappa shape index (κ3) is 2.60. The van der Waals surface area contributed by atoms with Gasteiger partial charge in [-0.25, -0.2) is 4.98 Å². The van der Waals surface area contributed by atoms with Crippen molar-refractivity contribution in [1.82, 2.24) is 10.3 Å². The molecule has 0 unspecified atom stereocenters. The first-order valence-electron chi connectivity index (χ1n) is 6.59. The van der Waals surface area contributed by atoms with Gasteiger partial charge in [-0.15, -0.1) is 0 Å². The molecule has 0 aliphatic carbocycles. The molecule has 1 N–H and O–H groups in total.